The summed E-state index contributed by atoms with van der Waals surface area (Å²) in [6.07, 6.45) is 6.76. The van der Waals surface area contributed by atoms with E-state index in [0.29, 0.717) is 30.3 Å². The number of carbonyl (C=O) groups excluding carboxylic acids is 1. The van der Waals surface area contributed by atoms with Crippen LogP contribution >= 0.6 is 11.3 Å². The number of hydrogen-bond acceptors (Lipinski definition) is 9. The topological polar surface area (TPSA) is 122 Å². The number of nitrogens with zero attached hydrogens (tertiary/aromatic N) is 6. The fourth-order valence-corrected chi connectivity index (χ4v) is 5.82. The highest BCUT2D eigenvalue weighted by Gasteiger charge is 2.21. The Kier molecular flexibility index (Phi) is 5.91. The maximum Gasteiger partial charge on any atom is 0.257 e. The van der Waals surface area contributed by atoms with Gasteiger partial charge in [0.05, 0.1) is 35.2 Å². The van der Waals surface area contributed by atoms with Gasteiger partial charge in [0.25, 0.3) is 5.91 Å². The van der Waals surface area contributed by atoms with Gasteiger partial charge in [-0.05, 0) is 36.4 Å². The summed E-state index contributed by atoms with van der Waals surface area (Å²) >= 11 is 1.66. The van der Waals surface area contributed by atoms with E-state index in [-0.39, 0.29) is 5.91 Å². The Hall–Kier alpha value is -4.74. The first-order valence-electron chi connectivity index (χ1n) is 12.5. The molecular formula is C28H22N8O2S. The molecule has 11 heteroatoms. The van der Waals surface area contributed by atoms with Gasteiger partial charge in [0.1, 0.15) is 0 Å². The van der Waals surface area contributed by atoms with Gasteiger partial charge in [-0.3, -0.25) is 14.9 Å². The number of aromatic amines is 1. The van der Waals surface area contributed by atoms with Crippen LogP contribution in [0.1, 0.15) is 10.4 Å². The molecule has 1 aromatic carbocycles. The molecule has 0 bridgehead atoms. The van der Waals surface area contributed by atoms with Gasteiger partial charge in [-0.2, -0.15) is 5.10 Å². The number of anilines is 2. The van der Waals surface area contributed by atoms with E-state index in [0.717, 1.165) is 56.2 Å². The smallest absolute Gasteiger partial charge is 0.257 e. The van der Waals surface area contributed by atoms with E-state index < -0.39 is 0 Å². The summed E-state index contributed by atoms with van der Waals surface area (Å²) in [7, 11) is 0. The molecule has 39 heavy (non-hydrogen) atoms. The van der Waals surface area contributed by atoms with Crippen molar-refractivity contribution in [1.82, 2.24) is 30.1 Å². The van der Waals surface area contributed by atoms with Gasteiger partial charge in [0.2, 0.25) is 0 Å². The second kappa shape index (κ2) is 9.86. The lowest BCUT2D eigenvalue weighted by Gasteiger charge is -2.28. The summed E-state index contributed by atoms with van der Waals surface area (Å²) in [5, 5.41) is 11.0. The fourth-order valence-electron chi connectivity index (χ4n) is 4.67. The lowest BCUT2D eigenvalue weighted by atomic mass is 10.1. The molecule has 7 rings (SSSR count). The average molecular weight is 535 g/mol. The van der Waals surface area contributed by atoms with Gasteiger partial charge < -0.3 is 15.0 Å². The SMILES string of the molecule is O=C(Nc1cccc(-c2nc(N3CCOCC3)c3sc(-c4ccnc5[nH]ncc45)cc3n2)c1)c1cccnc1. The molecule has 1 aliphatic rings. The van der Waals surface area contributed by atoms with E-state index in [9.17, 15) is 4.79 Å². The molecule has 0 spiro atoms. The number of H-pyrrole nitrogens is 1. The maximum atomic E-state index is 12.7. The summed E-state index contributed by atoms with van der Waals surface area (Å²) in [5.74, 6) is 1.25. The number of thiophene rings is 1. The third-order valence-corrected chi connectivity index (χ3v) is 7.74. The van der Waals surface area contributed by atoms with Crippen LogP contribution in [0.15, 0.2) is 73.3 Å². The Morgan fingerprint density at radius 1 is 1.03 bits per heavy atom. The van der Waals surface area contributed by atoms with Gasteiger partial charge in [-0.25, -0.2) is 15.0 Å². The van der Waals surface area contributed by atoms with Gasteiger partial charge in [0.15, 0.2) is 17.3 Å². The van der Waals surface area contributed by atoms with Crippen molar-refractivity contribution in [3.8, 4) is 21.8 Å². The Morgan fingerprint density at radius 3 is 2.82 bits per heavy atom. The van der Waals surface area contributed by atoms with Crippen LogP contribution in [0.25, 0.3) is 43.1 Å². The molecule has 0 radical (unpaired) electrons. The van der Waals surface area contributed by atoms with E-state index in [1.54, 1.807) is 48.3 Å². The first-order chi connectivity index (χ1) is 19.2. The highest BCUT2D eigenvalue weighted by atomic mass is 32.1. The lowest BCUT2D eigenvalue weighted by molar-refractivity contribution is 0.102. The number of fused-ring (bicyclic) bond motifs is 2. The van der Waals surface area contributed by atoms with Gasteiger partial charge in [-0.15, -0.1) is 11.3 Å². The van der Waals surface area contributed by atoms with Crippen LogP contribution in [0.4, 0.5) is 11.5 Å². The molecule has 2 N–H and O–H groups in total. The quantitative estimate of drug-likeness (QED) is 0.324. The second-order valence-electron chi connectivity index (χ2n) is 9.06. The van der Waals surface area contributed by atoms with Crippen LogP contribution in [0.2, 0.25) is 0 Å². The number of ether oxygens (including phenoxy) is 1. The second-order valence-corrected chi connectivity index (χ2v) is 10.1. The zero-order valence-electron chi connectivity index (χ0n) is 20.7. The molecular weight excluding hydrogens is 512 g/mol. The summed E-state index contributed by atoms with van der Waals surface area (Å²) in [6, 6.07) is 15.2. The van der Waals surface area contributed by atoms with Crippen molar-refractivity contribution in [2.75, 3.05) is 36.5 Å². The molecule has 1 amide bonds. The molecule has 0 aliphatic carbocycles. The van der Waals surface area contributed by atoms with E-state index in [1.165, 1.54) is 0 Å². The van der Waals surface area contributed by atoms with Crippen LogP contribution < -0.4 is 10.2 Å². The summed E-state index contributed by atoms with van der Waals surface area (Å²) in [4.78, 5) is 34.4. The minimum absolute atomic E-state index is 0.226. The van der Waals surface area contributed by atoms with Crippen molar-refractivity contribution in [2.45, 2.75) is 0 Å². The Bertz CT molecular complexity index is 1810. The molecule has 10 nitrogen and oxygen atoms in total. The van der Waals surface area contributed by atoms with Crippen molar-refractivity contribution in [1.29, 1.82) is 0 Å². The third kappa shape index (κ3) is 4.47. The van der Waals surface area contributed by atoms with Crippen molar-refractivity contribution in [3.05, 3.63) is 78.9 Å². The number of hydrogen-bond donors (Lipinski definition) is 2. The van der Waals surface area contributed by atoms with Crippen LogP contribution in [-0.4, -0.2) is 62.3 Å². The molecule has 1 saturated heterocycles. The molecule has 0 unspecified atom stereocenters. The number of amides is 1. The first kappa shape index (κ1) is 23.4. The Morgan fingerprint density at radius 2 is 1.95 bits per heavy atom. The van der Waals surface area contributed by atoms with Crippen molar-refractivity contribution in [3.63, 3.8) is 0 Å². The van der Waals surface area contributed by atoms with Crippen molar-refractivity contribution >= 4 is 50.0 Å². The van der Waals surface area contributed by atoms with E-state index in [2.05, 4.69) is 36.4 Å². The largest absolute Gasteiger partial charge is 0.378 e. The van der Waals surface area contributed by atoms with Crippen LogP contribution in [0.5, 0.6) is 0 Å². The van der Waals surface area contributed by atoms with E-state index >= 15 is 0 Å². The van der Waals surface area contributed by atoms with Gasteiger partial charge in [0, 0.05) is 58.8 Å². The third-order valence-electron chi connectivity index (χ3n) is 6.59. The van der Waals surface area contributed by atoms with Crippen molar-refractivity contribution < 1.29 is 9.53 Å². The minimum atomic E-state index is -0.226. The Balaban J connectivity index is 1.31. The number of rotatable bonds is 5. The van der Waals surface area contributed by atoms with Crippen LogP contribution in [-0.2, 0) is 4.74 Å². The van der Waals surface area contributed by atoms with Crippen molar-refractivity contribution in [2.24, 2.45) is 0 Å². The summed E-state index contributed by atoms with van der Waals surface area (Å²) in [5.41, 5.74) is 4.61. The number of benzene rings is 1. The van der Waals surface area contributed by atoms with Gasteiger partial charge in [-0.1, -0.05) is 12.1 Å². The molecule has 192 valence electrons. The minimum Gasteiger partial charge on any atom is -0.378 e. The number of carbonyl (C=O) groups is 1. The standard InChI is InChI=1S/C28H22N8O2S/c37-28(18-4-2-7-29-15-18)32-19-5-1-3-17(13-19)25-33-22-14-23(20-6-8-30-26-21(20)16-31-35-26)39-24(22)27(34-25)36-9-11-38-12-10-36/h1-8,13-16H,9-12H2,(H,32,37)(H,30,31,35). The lowest BCUT2D eigenvalue weighted by Crippen LogP contribution is -2.36. The van der Waals surface area contributed by atoms with Crippen LogP contribution in [0, 0.1) is 0 Å². The molecule has 0 atom stereocenters. The predicted molar refractivity (Wildman–Crippen MR) is 151 cm³/mol. The number of nitrogens with one attached hydrogen (secondary N) is 2. The van der Waals surface area contributed by atoms with Gasteiger partial charge >= 0.3 is 0 Å². The molecule has 6 heterocycles. The zero-order valence-corrected chi connectivity index (χ0v) is 21.5. The fraction of sp³-hybridized carbons (Fsp3) is 0.143. The molecule has 5 aromatic heterocycles. The molecule has 0 saturated carbocycles. The number of pyridine rings is 2. The highest BCUT2D eigenvalue weighted by molar-refractivity contribution is 7.22. The number of aromatic nitrogens is 6. The molecule has 6 aromatic rings. The summed E-state index contributed by atoms with van der Waals surface area (Å²) < 4.78 is 6.63. The average Bonchev–Trinajstić information content (AvgIpc) is 3.65. The highest BCUT2D eigenvalue weighted by Crippen LogP contribution is 2.40. The zero-order chi connectivity index (χ0) is 26.2. The van der Waals surface area contributed by atoms with E-state index in [4.69, 9.17) is 14.7 Å². The van der Waals surface area contributed by atoms with Crippen LogP contribution in [0.3, 0.4) is 0 Å². The molecule has 1 aliphatic heterocycles. The normalized spacial score (nSPS) is 13.7. The predicted octanol–water partition coefficient (Wildman–Crippen LogP) is 4.78. The molecule has 1 fully saturated rings. The Labute approximate surface area is 226 Å². The summed E-state index contributed by atoms with van der Waals surface area (Å²) in [6.45, 7) is 2.80. The number of morpholine rings is 1. The maximum absolute atomic E-state index is 12.7. The van der Waals surface area contributed by atoms with E-state index in [1.807, 2.05) is 30.3 Å². The monoisotopic (exact) mass is 534 g/mol. The first-order valence-corrected chi connectivity index (χ1v) is 13.3.